The molecule has 0 aromatic carbocycles. The molecule has 12 heteroatoms. The Balaban J connectivity index is 3.30. The molecule has 0 spiro atoms. The first-order valence-electron chi connectivity index (χ1n) is 7.47. The maximum absolute atomic E-state index is 11.8. The minimum Gasteiger partial charge on any atom is -0.478 e. The minimum atomic E-state index is -1.37. The SMILES string of the molecule is COC(=O)C1=CC(N=[N+]=[N-])C(N)C([C@H](OC(C)=O)[C@@H](CO)OC(C)=O)O1. The lowest BCUT2D eigenvalue weighted by atomic mass is 9.93. The van der Waals surface area contributed by atoms with Crippen LogP contribution >= 0.6 is 0 Å². The Kier molecular flexibility index (Phi) is 7.84. The van der Waals surface area contributed by atoms with Crippen LogP contribution in [-0.2, 0) is 33.3 Å². The number of hydrogen-bond donors (Lipinski definition) is 2. The molecule has 1 heterocycles. The van der Waals surface area contributed by atoms with Gasteiger partial charge in [0.1, 0.15) is 0 Å². The summed E-state index contributed by atoms with van der Waals surface area (Å²) in [4.78, 5) is 37.2. The van der Waals surface area contributed by atoms with Crippen molar-refractivity contribution in [1.29, 1.82) is 0 Å². The molecular weight excluding hydrogens is 352 g/mol. The molecule has 1 aliphatic rings. The van der Waals surface area contributed by atoms with Gasteiger partial charge in [-0.15, -0.1) is 0 Å². The summed E-state index contributed by atoms with van der Waals surface area (Å²) in [6.45, 7) is 1.47. The van der Waals surface area contributed by atoms with Crippen molar-refractivity contribution in [1.82, 2.24) is 0 Å². The number of azide groups is 1. The summed E-state index contributed by atoms with van der Waals surface area (Å²) >= 11 is 0. The molecule has 3 unspecified atom stereocenters. The quantitative estimate of drug-likeness (QED) is 0.192. The Morgan fingerprint density at radius 2 is 2.00 bits per heavy atom. The number of carbonyl (C=O) groups excluding carboxylic acids is 3. The van der Waals surface area contributed by atoms with Crippen molar-refractivity contribution in [2.24, 2.45) is 10.8 Å². The number of nitrogens with zero attached hydrogens (tertiary/aromatic N) is 3. The van der Waals surface area contributed by atoms with Crippen LogP contribution in [0.2, 0.25) is 0 Å². The van der Waals surface area contributed by atoms with Crippen LogP contribution in [0.5, 0.6) is 0 Å². The number of aliphatic hydroxyl groups is 1. The Morgan fingerprint density at radius 1 is 1.38 bits per heavy atom. The molecular formula is C14H20N4O8. The third kappa shape index (κ3) is 5.34. The number of ether oxygens (including phenoxy) is 4. The Hall–Kier alpha value is -2.82. The molecule has 144 valence electrons. The van der Waals surface area contributed by atoms with E-state index >= 15 is 0 Å². The maximum Gasteiger partial charge on any atom is 0.372 e. The van der Waals surface area contributed by atoms with E-state index in [1.807, 2.05) is 0 Å². The summed E-state index contributed by atoms with van der Waals surface area (Å²) in [5, 5.41) is 13.0. The van der Waals surface area contributed by atoms with Gasteiger partial charge in [0.15, 0.2) is 18.3 Å². The highest BCUT2D eigenvalue weighted by Gasteiger charge is 2.45. The second kappa shape index (κ2) is 9.61. The van der Waals surface area contributed by atoms with Crippen LogP contribution in [0.25, 0.3) is 10.4 Å². The number of rotatable bonds is 7. The fourth-order valence-corrected chi connectivity index (χ4v) is 2.37. The maximum atomic E-state index is 11.8. The highest BCUT2D eigenvalue weighted by atomic mass is 16.6. The number of esters is 3. The fraction of sp³-hybridized carbons (Fsp3) is 0.643. The molecule has 1 aliphatic heterocycles. The van der Waals surface area contributed by atoms with Gasteiger partial charge in [0, 0.05) is 18.8 Å². The van der Waals surface area contributed by atoms with Gasteiger partial charge in [0.25, 0.3) is 0 Å². The number of aliphatic hydroxyl groups excluding tert-OH is 1. The molecule has 0 aromatic heterocycles. The van der Waals surface area contributed by atoms with Crippen LogP contribution < -0.4 is 5.73 Å². The van der Waals surface area contributed by atoms with Gasteiger partial charge in [-0.3, -0.25) is 9.59 Å². The summed E-state index contributed by atoms with van der Waals surface area (Å²) in [5.74, 6) is -2.73. The molecule has 0 aromatic rings. The lowest BCUT2D eigenvalue weighted by molar-refractivity contribution is -0.183. The van der Waals surface area contributed by atoms with Gasteiger partial charge in [0.2, 0.25) is 5.76 Å². The van der Waals surface area contributed by atoms with E-state index in [2.05, 4.69) is 14.8 Å². The van der Waals surface area contributed by atoms with E-state index < -0.39 is 54.9 Å². The smallest absolute Gasteiger partial charge is 0.372 e. The van der Waals surface area contributed by atoms with E-state index in [9.17, 15) is 19.5 Å². The normalized spacial score (nSPS) is 24.0. The molecule has 0 saturated carbocycles. The summed E-state index contributed by atoms with van der Waals surface area (Å²) in [7, 11) is 1.11. The number of nitrogens with two attached hydrogens (primary N) is 1. The highest BCUT2D eigenvalue weighted by molar-refractivity contribution is 5.86. The van der Waals surface area contributed by atoms with Crippen molar-refractivity contribution in [3.05, 3.63) is 22.3 Å². The molecule has 0 bridgehead atoms. The molecule has 5 atom stereocenters. The van der Waals surface area contributed by atoms with E-state index in [0.717, 1.165) is 27.0 Å². The summed E-state index contributed by atoms with van der Waals surface area (Å²) in [6, 6.07) is -2.11. The molecule has 0 fully saturated rings. The minimum absolute atomic E-state index is 0.326. The zero-order valence-electron chi connectivity index (χ0n) is 14.4. The van der Waals surface area contributed by atoms with Crippen LogP contribution in [0, 0.1) is 0 Å². The monoisotopic (exact) mass is 372 g/mol. The summed E-state index contributed by atoms with van der Waals surface area (Å²) < 4.78 is 20.1. The van der Waals surface area contributed by atoms with Crippen LogP contribution in [-0.4, -0.2) is 67.1 Å². The summed E-state index contributed by atoms with van der Waals surface area (Å²) in [5.41, 5.74) is 14.7. The van der Waals surface area contributed by atoms with E-state index in [0.29, 0.717) is 0 Å². The first-order chi connectivity index (χ1) is 12.2. The van der Waals surface area contributed by atoms with Gasteiger partial charge in [0.05, 0.1) is 25.8 Å². The Morgan fingerprint density at radius 3 is 2.46 bits per heavy atom. The van der Waals surface area contributed by atoms with Crippen molar-refractivity contribution in [3.8, 4) is 0 Å². The molecule has 1 rings (SSSR count). The number of methoxy groups -OCH3 is 1. The van der Waals surface area contributed by atoms with E-state index in [1.165, 1.54) is 0 Å². The Bertz CT molecular complexity index is 630. The fourth-order valence-electron chi connectivity index (χ4n) is 2.37. The van der Waals surface area contributed by atoms with E-state index in [1.54, 1.807) is 0 Å². The molecule has 0 saturated heterocycles. The van der Waals surface area contributed by atoms with Gasteiger partial charge in [-0.1, -0.05) is 5.11 Å². The lowest BCUT2D eigenvalue weighted by Crippen LogP contribution is -2.58. The molecule has 26 heavy (non-hydrogen) atoms. The van der Waals surface area contributed by atoms with E-state index in [-0.39, 0.29) is 5.76 Å². The van der Waals surface area contributed by atoms with Crippen molar-refractivity contribution >= 4 is 17.9 Å². The van der Waals surface area contributed by atoms with E-state index in [4.69, 9.17) is 25.5 Å². The van der Waals surface area contributed by atoms with Crippen molar-refractivity contribution < 1.29 is 38.4 Å². The number of carbonyl (C=O) groups is 3. The average Bonchev–Trinajstić information content (AvgIpc) is 2.58. The standard InChI is InChI=1S/C14H20N4O8/c1-6(20)24-10(5-19)12(25-7(2)21)13-11(15)8(17-18-16)4-9(26-13)14(22)23-3/h4,8,10-13,19H,5,15H2,1-3H3/t8?,10-,11?,12-,13?/m1/s1. The predicted octanol–water partition coefficient (Wildman–Crippen LogP) is -0.696. The third-order valence-corrected chi connectivity index (χ3v) is 3.42. The average molecular weight is 372 g/mol. The molecule has 12 nitrogen and oxygen atoms in total. The van der Waals surface area contributed by atoms with Crippen LogP contribution in [0.15, 0.2) is 16.9 Å². The topological polar surface area (TPSA) is 183 Å². The molecule has 0 amide bonds. The highest BCUT2D eigenvalue weighted by Crippen LogP contribution is 2.26. The third-order valence-electron chi connectivity index (χ3n) is 3.42. The number of hydrogen-bond acceptors (Lipinski definition) is 10. The van der Waals surface area contributed by atoms with Gasteiger partial charge >= 0.3 is 17.9 Å². The second-order valence-corrected chi connectivity index (χ2v) is 5.28. The molecule has 0 aliphatic carbocycles. The largest absolute Gasteiger partial charge is 0.478 e. The molecule has 0 radical (unpaired) electrons. The lowest BCUT2D eigenvalue weighted by Gasteiger charge is -2.38. The van der Waals surface area contributed by atoms with Crippen LogP contribution in [0.4, 0.5) is 0 Å². The molecule has 3 N–H and O–H groups in total. The van der Waals surface area contributed by atoms with Gasteiger partial charge < -0.3 is 29.8 Å². The van der Waals surface area contributed by atoms with Gasteiger partial charge in [-0.05, 0) is 11.6 Å². The van der Waals surface area contributed by atoms with Gasteiger partial charge in [-0.2, -0.15) is 0 Å². The van der Waals surface area contributed by atoms with Crippen molar-refractivity contribution in [2.75, 3.05) is 13.7 Å². The van der Waals surface area contributed by atoms with Crippen molar-refractivity contribution in [2.45, 2.75) is 44.2 Å². The van der Waals surface area contributed by atoms with Crippen LogP contribution in [0.1, 0.15) is 13.8 Å². The first kappa shape index (κ1) is 21.2. The first-order valence-corrected chi connectivity index (χ1v) is 7.47. The van der Waals surface area contributed by atoms with Gasteiger partial charge in [-0.25, -0.2) is 4.79 Å². The second-order valence-electron chi connectivity index (χ2n) is 5.28. The zero-order valence-corrected chi connectivity index (χ0v) is 14.4. The van der Waals surface area contributed by atoms with Crippen LogP contribution in [0.3, 0.4) is 0 Å². The Labute approximate surface area is 148 Å². The predicted molar refractivity (Wildman–Crippen MR) is 84.1 cm³/mol. The van der Waals surface area contributed by atoms with Crippen molar-refractivity contribution in [3.63, 3.8) is 0 Å². The summed E-state index contributed by atoms with van der Waals surface area (Å²) in [6.07, 6.45) is -2.81. The zero-order chi connectivity index (χ0) is 19.9.